The quantitative estimate of drug-likeness (QED) is 0.378. The molecule has 4 atom stereocenters. The average molecular weight is 553 g/mol. The van der Waals surface area contributed by atoms with Crippen LogP contribution in [0.15, 0.2) is 41.0 Å². The smallest absolute Gasteiger partial charge is 0.273 e. The van der Waals surface area contributed by atoms with Gasteiger partial charge in [0.15, 0.2) is 5.69 Å². The van der Waals surface area contributed by atoms with E-state index in [4.69, 9.17) is 4.42 Å². The van der Waals surface area contributed by atoms with Crippen LogP contribution in [0, 0.1) is 11.8 Å². The Kier molecular flexibility index (Phi) is 10.3. The van der Waals surface area contributed by atoms with Gasteiger partial charge in [-0.3, -0.25) is 19.2 Å². The number of nitrogens with one attached hydrogen (secondary N) is 5. The predicted molar refractivity (Wildman–Crippen MR) is 148 cm³/mol. The Morgan fingerprint density at radius 1 is 1.02 bits per heavy atom. The molecule has 4 rings (SSSR count). The van der Waals surface area contributed by atoms with Gasteiger partial charge in [-0.05, 0) is 50.1 Å². The van der Waals surface area contributed by atoms with E-state index in [2.05, 4.69) is 31.6 Å². The summed E-state index contributed by atoms with van der Waals surface area (Å²) in [4.78, 5) is 57.1. The summed E-state index contributed by atoms with van der Waals surface area (Å²) in [6.45, 7) is 5.54. The minimum Gasteiger partial charge on any atom is -0.446 e. The maximum atomic E-state index is 13.6. The first-order valence-corrected chi connectivity index (χ1v) is 14.2. The third kappa shape index (κ3) is 7.91. The largest absolute Gasteiger partial charge is 0.446 e. The molecule has 0 spiro atoms. The molecular formula is C29H40N6O5. The minimum absolute atomic E-state index is 0.134. The number of aromatic nitrogens is 1. The Morgan fingerprint density at radius 3 is 2.55 bits per heavy atom. The van der Waals surface area contributed by atoms with Crippen molar-refractivity contribution in [2.24, 2.45) is 11.8 Å². The summed E-state index contributed by atoms with van der Waals surface area (Å²) in [6, 6.07) is 7.24. The molecule has 0 saturated carbocycles. The first-order valence-electron chi connectivity index (χ1n) is 14.2. The molecule has 11 heteroatoms. The number of rotatable bonds is 5. The van der Waals surface area contributed by atoms with E-state index in [1.54, 1.807) is 0 Å². The molecule has 5 N–H and O–H groups in total. The molecule has 2 bridgehead atoms. The highest BCUT2D eigenvalue weighted by atomic mass is 16.3. The van der Waals surface area contributed by atoms with Gasteiger partial charge >= 0.3 is 0 Å². The fourth-order valence-electron chi connectivity index (χ4n) is 5.05. The van der Waals surface area contributed by atoms with Gasteiger partial charge in [0.2, 0.25) is 23.6 Å². The number of carbonyl (C=O) groups excluding carboxylic acids is 4. The van der Waals surface area contributed by atoms with Crippen LogP contribution in [0.2, 0.25) is 0 Å². The maximum absolute atomic E-state index is 13.6. The van der Waals surface area contributed by atoms with Crippen molar-refractivity contribution in [2.45, 2.75) is 70.5 Å². The lowest BCUT2D eigenvalue weighted by Crippen LogP contribution is -2.56. The Labute approximate surface area is 234 Å². The molecule has 3 heterocycles. The van der Waals surface area contributed by atoms with Crippen molar-refractivity contribution in [1.82, 2.24) is 31.6 Å². The molecule has 0 radical (unpaired) electrons. The van der Waals surface area contributed by atoms with Crippen molar-refractivity contribution in [3.05, 3.63) is 53.7 Å². The zero-order chi connectivity index (χ0) is 28.5. The van der Waals surface area contributed by atoms with Gasteiger partial charge in [0.25, 0.3) is 5.91 Å². The molecule has 40 heavy (non-hydrogen) atoms. The molecule has 1 saturated heterocycles. The van der Waals surface area contributed by atoms with Crippen molar-refractivity contribution >= 4 is 23.6 Å². The van der Waals surface area contributed by atoms with Crippen molar-refractivity contribution in [3.63, 3.8) is 0 Å². The number of benzene rings is 1. The van der Waals surface area contributed by atoms with E-state index in [0.717, 1.165) is 24.9 Å². The number of hydrogen-bond donors (Lipinski definition) is 5. The second kappa shape index (κ2) is 14.1. The van der Waals surface area contributed by atoms with Crippen LogP contribution in [-0.4, -0.2) is 60.3 Å². The lowest BCUT2D eigenvalue weighted by Gasteiger charge is -2.28. The number of carbonyl (C=O) groups is 4. The zero-order valence-corrected chi connectivity index (χ0v) is 23.2. The van der Waals surface area contributed by atoms with Crippen LogP contribution in [-0.2, 0) is 20.8 Å². The van der Waals surface area contributed by atoms with E-state index < -0.39 is 29.9 Å². The number of hydrogen-bond acceptors (Lipinski definition) is 7. The number of oxazole rings is 1. The maximum Gasteiger partial charge on any atom is 0.273 e. The van der Waals surface area contributed by atoms with Gasteiger partial charge < -0.3 is 31.0 Å². The van der Waals surface area contributed by atoms with Gasteiger partial charge in [0.05, 0.1) is 5.92 Å². The van der Waals surface area contributed by atoms with E-state index >= 15 is 0 Å². The summed E-state index contributed by atoms with van der Waals surface area (Å²) in [5.74, 6) is -1.57. The van der Waals surface area contributed by atoms with Gasteiger partial charge in [0, 0.05) is 19.5 Å². The second-order valence-corrected chi connectivity index (χ2v) is 10.9. The highest BCUT2D eigenvalue weighted by Crippen LogP contribution is 2.20. The molecule has 2 aliphatic heterocycles. The van der Waals surface area contributed by atoms with E-state index in [-0.39, 0.29) is 35.2 Å². The van der Waals surface area contributed by atoms with Crippen LogP contribution in [0.5, 0.6) is 0 Å². The Balaban J connectivity index is 1.57. The van der Waals surface area contributed by atoms with Crippen LogP contribution < -0.4 is 26.6 Å². The second-order valence-electron chi connectivity index (χ2n) is 10.9. The zero-order valence-electron chi connectivity index (χ0n) is 23.2. The lowest BCUT2D eigenvalue weighted by atomic mass is 9.97. The Bertz CT molecular complexity index is 1160. The number of amides is 4. The summed E-state index contributed by atoms with van der Waals surface area (Å²) in [7, 11) is 0. The van der Waals surface area contributed by atoms with Crippen molar-refractivity contribution in [2.75, 3.05) is 19.6 Å². The molecule has 1 aromatic heterocycles. The van der Waals surface area contributed by atoms with Crippen molar-refractivity contribution < 1.29 is 23.6 Å². The topological polar surface area (TPSA) is 154 Å². The summed E-state index contributed by atoms with van der Waals surface area (Å²) in [5.41, 5.74) is 1.07. The van der Waals surface area contributed by atoms with Gasteiger partial charge in [-0.1, -0.05) is 44.2 Å². The number of piperidine rings is 1. The van der Waals surface area contributed by atoms with Gasteiger partial charge in [-0.25, -0.2) is 4.98 Å². The Hall–Kier alpha value is -3.73. The molecule has 4 amide bonds. The van der Waals surface area contributed by atoms with Crippen LogP contribution in [0.3, 0.4) is 0 Å². The van der Waals surface area contributed by atoms with E-state index in [0.29, 0.717) is 38.8 Å². The van der Waals surface area contributed by atoms with Gasteiger partial charge in [-0.15, -0.1) is 0 Å². The molecule has 0 unspecified atom stereocenters. The fourth-order valence-corrected chi connectivity index (χ4v) is 5.05. The normalized spacial score (nSPS) is 25.0. The summed E-state index contributed by atoms with van der Waals surface area (Å²) in [6.07, 6.45) is 4.90. The molecule has 0 aliphatic carbocycles. The van der Waals surface area contributed by atoms with Crippen LogP contribution >= 0.6 is 0 Å². The van der Waals surface area contributed by atoms with Crippen LogP contribution in [0.25, 0.3) is 0 Å². The first kappa shape index (κ1) is 29.3. The van der Waals surface area contributed by atoms with E-state index in [9.17, 15) is 19.2 Å². The van der Waals surface area contributed by atoms with Gasteiger partial charge in [-0.2, -0.15) is 0 Å². The van der Waals surface area contributed by atoms with Crippen LogP contribution in [0.1, 0.15) is 73.9 Å². The fraction of sp³-hybridized carbons (Fsp3) is 0.552. The molecule has 1 aromatic carbocycles. The highest BCUT2D eigenvalue weighted by Gasteiger charge is 2.33. The standard InChI is InChI=1S/C29H40N6O5/c1-18(2)24-28(39)33-22(15-19-9-4-3-5-10-19)29-34-23(17-40-29)26(37)31-14-7-6-12-21(27(38)35-24)32-25(36)20-11-8-13-30-16-20/h3-5,9-10,17-18,20-22,24,30H,6-8,11-16H2,1-2H3,(H,31,37)(H,32,36)(H,33,39)(H,35,38)/t20-,21+,22-,24+/m1/s1. The Morgan fingerprint density at radius 2 is 1.82 bits per heavy atom. The predicted octanol–water partition coefficient (Wildman–Crippen LogP) is 1.61. The molecule has 11 nitrogen and oxygen atoms in total. The summed E-state index contributed by atoms with van der Waals surface area (Å²) >= 11 is 0. The lowest BCUT2D eigenvalue weighted by molar-refractivity contribution is -0.134. The monoisotopic (exact) mass is 552 g/mol. The van der Waals surface area contributed by atoms with Crippen LogP contribution in [0.4, 0.5) is 0 Å². The molecule has 1 fully saturated rings. The summed E-state index contributed by atoms with van der Waals surface area (Å²) < 4.78 is 5.65. The van der Waals surface area contributed by atoms with E-state index in [1.165, 1.54) is 6.26 Å². The number of nitrogens with zero attached hydrogens (tertiary/aromatic N) is 1. The highest BCUT2D eigenvalue weighted by molar-refractivity contribution is 5.93. The SMILES string of the molecule is CC(C)[C@@H]1NC(=O)[C@@H](NC(=O)[C@@H]2CCCNC2)CCCCNC(=O)c2coc(n2)[C@@H](Cc2ccccc2)NC1=O. The molecular weight excluding hydrogens is 512 g/mol. The van der Waals surface area contributed by atoms with Crippen molar-refractivity contribution in [1.29, 1.82) is 0 Å². The molecule has 2 aliphatic rings. The average Bonchev–Trinajstić information content (AvgIpc) is 3.45. The van der Waals surface area contributed by atoms with Gasteiger partial charge in [0.1, 0.15) is 24.4 Å². The third-order valence-electron chi connectivity index (χ3n) is 7.40. The van der Waals surface area contributed by atoms with Crippen molar-refractivity contribution in [3.8, 4) is 0 Å². The van der Waals surface area contributed by atoms with E-state index in [1.807, 2.05) is 44.2 Å². The first-order chi connectivity index (χ1) is 19.3. The third-order valence-corrected chi connectivity index (χ3v) is 7.40. The number of fused-ring (bicyclic) bond motifs is 2. The summed E-state index contributed by atoms with van der Waals surface area (Å²) in [5, 5.41) is 14.9. The minimum atomic E-state index is -0.854. The molecule has 2 aromatic rings. The molecule has 216 valence electrons.